The molecule has 0 fully saturated rings. The van der Waals surface area contributed by atoms with Gasteiger partial charge in [-0.15, -0.1) is 0 Å². The normalized spacial score (nSPS) is 13.5. The number of aromatic nitrogens is 2. The van der Waals surface area contributed by atoms with E-state index in [1.165, 1.54) is 6.92 Å². The molecule has 0 aliphatic rings. The van der Waals surface area contributed by atoms with Crippen LogP contribution in [0.3, 0.4) is 0 Å². The molecule has 1 heterocycles. The van der Waals surface area contributed by atoms with Crippen molar-refractivity contribution in [3.8, 4) is 11.4 Å². The maximum atomic E-state index is 12.7. The first-order chi connectivity index (χ1) is 9.32. The summed E-state index contributed by atoms with van der Waals surface area (Å²) in [4.78, 5) is 3.58. The van der Waals surface area contributed by atoms with Gasteiger partial charge in [-0.2, -0.15) is 13.2 Å². The number of nitrogens with zero attached hydrogens (tertiary/aromatic N) is 2. The number of rotatable bonds is 3. The number of aliphatic hydroxyl groups is 1. The molecule has 0 spiro atoms. The minimum absolute atomic E-state index is 0.0656. The fourth-order valence-corrected chi connectivity index (χ4v) is 1.82. The summed E-state index contributed by atoms with van der Waals surface area (Å²) in [5.41, 5.74) is 5.78. The number of nitrogens with two attached hydrogens (primary N) is 1. The summed E-state index contributed by atoms with van der Waals surface area (Å²) in [7, 11) is 0. The Morgan fingerprint density at radius 2 is 1.90 bits per heavy atom. The molecule has 108 valence electrons. The molecular formula is C13H14F3N3O. The van der Waals surface area contributed by atoms with Crippen LogP contribution in [0, 0.1) is 0 Å². The summed E-state index contributed by atoms with van der Waals surface area (Å²) in [5.74, 6) is 0.0656. The second kappa shape index (κ2) is 5.26. The zero-order valence-electron chi connectivity index (χ0n) is 10.7. The molecule has 1 aromatic carbocycles. The van der Waals surface area contributed by atoms with Crippen LogP contribution in [0.2, 0.25) is 0 Å². The summed E-state index contributed by atoms with van der Waals surface area (Å²) >= 11 is 0. The third-order valence-electron chi connectivity index (χ3n) is 2.87. The van der Waals surface area contributed by atoms with Crippen LogP contribution in [-0.2, 0) is 12.7 Å². The fourth-order valence-electron chi connectivity index (χ4n) is 1.82. The van der Waals surface area contributed by atoms with Crippen LogP contribution in [0.15, 0.2) is 30.5 Å². The zero-order chi connectivity index (χ0) is 14.9. The minimum Gasteiger partial charge on any atom is -0.374 e. The van der Waals surface area contributed by atoms with Gasteiger partial charge in [-0.05, 0) is 12.5 Å². The smallest absolute Gasteiger partial charge is 0.374 e. The van der Waals surface area contributed by atoms with E-state index in [2.05, 4.69) is 4.98 Å². The molecule has 0 saturated carbocycles. The Morgan fingerprint density at radius 1 is 1.30 bits per heavy atom. The molecule has 2 aromatic rings. The first-order valence-electron chi connectivity index (χ1n) is 5.96. The van der Waals surface area contributed by atoms with Crippen LogP contribution in [0.5, 0.6) is 0 Å². The molecular weight excluding hydrogens is 271 g/mol. The van der Waals surface area contributed by atoms with E-state index in [1.807, 2.05) is 0 Å². The van der Waals surface area contributed by atoms with Crippen molar-refractivity contribution in [1.82, 2.24) is 9.55 Å². The lowest BCUT2D eigenvalue weighted by Gasteiger charge is -2.10. The lowest BCUT2D eigenvalue weighted by molar-refractivity contribution is -0.141. The topological polar surface area (TPSA) is 64.1 Å². The Bertz CT molecular complexity index is 588. The number of hydrogen-bond donors (Lipinski definition) is 2. The van der Waals surface area contributed by atoms with Crippen LogP contribution >= 0.6 is 0 Å². The van der Waals surface area contributed by atoms with Gasteiger partial charge in [0.1, 0.15) is 12.1 Å². The summed E-state index contributed by atoms with van der Waals surface area (Å²) < 4.78 is 39.2. The standard InChI is InChI=1S/C13H14F3N3O/c1-8(20)19-7-11(13(14,15)16)18-12(19)10-4-2-9(6-17)3-5-10/h2-5,7-8,20H,6,17H2,1H3. The molecule has 2 rings (SSSR count). The van der Waals surface area contributed by atoms with Crippen LogP contribution in [0.4, 0.5) is 13.2 Å². The fraction of sp³-hybridized carbons (Fsp3) is 0.308. The molecule has 7 heteroatoms. The third kappa shape index (κ3) is 2.83. The van der Waals surface area contributed by atoms with E-state index < -0.39 is 18.1 Å². The van der Waals surface area contributed by atoms with E-state index in [1.54, 1.807) is 24.3 Å². The largest absolute Gasteiger partial charge is 0.434 e. The Balaban J connectivity index is 2.50. The van der Waals surface area contributed by atoms with Gasteiger partial charge in [0.25, 0.3) is 0 Å². The molecule has 4 nitrogen and oxygen atoms in total. The van der Waals surface area contributed by atoms with Crippen molar-refractivity contribution in [3.05, 3.63) is 41.7 Å². The van der Waals surface area contributed by atoms with Crippen molar-refractivity contribution in [2.45, 2.75) is 25.9 Å². The number of imidazole rings is 1. The first kappa shape index (κ1) is 14.5. The first-order valence-corrected chi connectivity index (χ1v) is 5.96. The molecule has 0 aliphatic carbocycles. The van der Waals surface area contributed by atoms with Gasteiger partial charge < -0.3 is 15.4 Å². The molecule has 1 atom stereocenters. The summed E-state index contributed by atoms with van der Waals surface area (Å²) in [5, 5.41) is 9.58. The summed E-state index contributed by atoms with van der Waals surface area (Å²) in [6.07, 6.45) is -4.86. The van der Waals surface area contributed by atoms with Gasteiger partial charge in [0.15, 0.2) is 5.69 Å². The average Bonchev–Trinajstić information content (AvgIpc) is 2.84. The highest BCUT2D eigenvalue weighted by atomic mass is 19.4. The minimum atomic E-state index is -4.55. The summed E-state index contributed by atoms with van der Waals surface area (Å²) in [6.45, 7) is 1.72. The Labute approximate surface area is 113 Å². The number of halogens is 3. The van der Waals surface area contributed by atoms with Crippen LogP contribution in [0.1, 0.15) is 24.4 Å². The number of hydrogen-bond acceptors (Lipinski definition) is 3. The van der Waals surface area contributed by atoms with Gasteiger partial charge in [0, 0.05) is 18.3 Å². The molecule has 1 aromatic heterocycles. The quantitative estimate of drug-likeness (QED) is 0.911. The van der Waals surface area contributed by atoms with E-state index in [-0.39, 0.29) is 5.82 Å². The predicted octanol–water partition coefficient (Wildman–Crippen LogP) is 2.54. The zero-order valence-corrected chi connectivity index (χ0v) is 10.7. The van der Waals surface area contributed by atoms with Gasteiger partial charge >= 0.3 is 6.18 Å². The monoisotopic (exact) mass is 285 g/mol. The van der Waals surface area contributed by atoms with Gasteiger partial charge in [-0.25, -0.2) is 4.98 Å². The second-order valence-electron chi connectivity index (χ2n) is 4.39. The Kier molecular flexibility index (Phi) is 3.82. The van der Waals surface area contributed by atoms with Gasteiger partial charge in [0.05, 0.1) is 0 Å². The van der Waals surface area contributed by atoms with Crippen molar-refractivity contribution in [2.24, 2.45) is 5.73 Å². The van der Waals surface area contributed by atoms with Gasteiger partial charge in [0.2, 0.25) is 0 Å². The molecule has 0 bridgehead atoms. The van der Waals surface area contributed by atoms with Gasteiger partial charge in [-0.3, -0.25) is 0 Å². The third-order valence-corrected chi connectivity index (χ3v) is 2.87. The Morgan fingerprint density at radius 3 is 2.35 bits per heavy atom. The van der Waals surface area contributed by atoms with E-state index >= 15 is 0 Å². The molecule has 0 saturated heterocycles. The molecule has 0 radical (unpaired) electrons. The van der Waals surface area contributed by atoms with Gasteiger partial charge in [-0.1, -0.05) is 24.3 Å². The van der Waals surface area contributed by atoms with Crippen molar-refractivity contribution in [1.29, 1.82) is 0 Å². The van der Waals surface area contributed by atoms with Crippen LogP contribution in [-0.4, -0.2) is 14.7 Å². The maximum Gasteiger partial charge on any atom is 0.434 e. The van der Waals surface area contributed by atoms with Crippen molar-refractivity contribution in [2.75, 3.05) is 0 Å². The van der Waals surface area contributed by atoms with Crippen LogP contribution < -0.4 is 5.73 Å². The lowest BCUT2D eigenvalue weighted by atomic mass is 10.1. The van der Waals surface area contributed by atoms with E-state index in [0.29, 0.717) is 12.1 Å². The van der Waals surface area contributed by atoms with Crippen molar-refractivity contribution in [3.63, 3.8) is 0 Å². The molecule has 0 aliphatic heterocycles. The average molecular weight is 285 g/mol. The van der Waals surface area contributed by atoms with Crippen molar-refractivity contribution >= 4 is 0 Å². The molecule has 0 amide bonds. The highest BCUT2D eigenvalue weighted by molar-refractivity contribution is 5.57. The highest BCUT2D eigenvalue weighted by Crippen LogP contribution is 2.32. The number of alkyl halides is 3. The van der Waals surface area contributed by atoms with Crippen molar-refractivity contribution < 1.29 is 18.3 Å². The Hall–Kier alpha value is -1.86. The predicted molar refractivity (Wildman–Crippen MR) is 67.5 cm³/mol. The molecule has 20 heavy (non-hydrogen) atoms. The molecule has 3 N–H and O–H groups in total. The SMILES string of the molecule is CC(O)n1cc(C(F)(F)F)nc1-c1ccc(CN)cc1. The lowest BCUT2D eigenvalue weighted by Crippen LogP contribution is -2.06. The number of benzene rings is 1. The van der Waals surface area contributed by atoms with E-state index in [4.69, 9.17) is 5.73 Å². The molecule has 1 unspecified atom stereocenters. The highest BCUT2D eigenvalue weighted by Gasteiger charge is 2.35. The maximum absolute atomic E-state index is 12.7. The van der Waals surface area contributed by atoms with E-state index in [9.17, 15) is 18.3 Å². The second-order valence-corrected chi connectivity index (χ2v) is 4.39. The summed E-state index contributed by atoms with van der Waals surface area (Å²) in [6, 6.07) is 6.68. The number of aliphatic hydroxyl groups excluding tert-OH is 1. The van der Waals surface area contributed by atoms with E-state index in [0.717, 1.165) is 16.3 Å². The van der Waals surface area contributed by atoms with Crippen LogP contribution in [0.25, 0.3) is 11.4 Å².